The fourth-order valence-corrected chi connectivity index (χ4v) is 2.87. The van der Waals surface area contributed by atoms with E-state index in [2.05, 4.69) is 37.9 Å². The Morgan fingerprint density at radius 2 is 1.95 bits per heavy atom. The summed E-state index contributed by atoms with van der Waals surface area (Å²) in [5.41, 5.74) is 2.15. The third kappa shape index (κ3) is 4.68. The van der Waals surface area contributed by atoms with Gasteiger partial charge in [0.15, 0.2) is 0 Å². The van der Waals surface area contributed by atoms with Crippen molar-refractivity contribution in [3.05, 3.63) is 29.6 Å². The van der Waals surface area contributed by atoms with E-state index in [1.165, 1.54) is 0 Å². The number of ether oxygens (including phenoxy) is 1. The zero-order chi connectivity index (χ0) is 15.4. The van der Waals surface area contributed by atoms with Gasteiger partial charge in [-0.3, -0.25) is 0 Å². The maximum Gasteiger partial charge on any atom is 0.123 e. The molecule has 0 amide bonds. The molecule has 1 heterocycles. The molecule has 2 rings (SSSR count). The van der Waals surface area contributed by atoms with Gasteiger partial charge in [-0.25, -0.2) is 4.39 Å². The van der Waals surface area contributed by atoms with Crippen molar-refractivity contribution in [1.82, 2.24) is 5.32 Å². The van der Waals surface area contributed by atoms with Crippen molar-refractivity contribution < 1.29 is 9.13 Å². The molecule has 21 heavy (non-hydrogen) atoms. The highest BCUT2D eigenvalue weighted by molar-refractivity contribution is 5.54. The van der Waals surface area contributed by atoms with Crippen LogP contribution in [0.15, 0.2) is 18.2 Å². The van der Waals surface area contributed by atoms with Gasteiger partial charge in [0.25, 0.3) is 0 Å². The van der Waals surface area contributed by atoms with Gasteiger partial charge in [-0.15, -0.1) is 0 Å². The third-order valence-corrected chi connectivity index (χ3v) is 3.67. The number of nitrogens with one attached hydrogen (secondary N) is 1. The van der Waals surface area contributed by atoms with E-state index >= 15 is 0 Å². The summed E-state index contributed by atoms with van der Waals surface area (Å²) in [6, 6.07) is 5.09. The van der Waals surface area contributed by atoms with Gasteiger partial charge in [0.1, 0.15) is 5.82 Å². The average molecular weight is 294 g/mol. The van der Waals surface area contributed by atoms with Crippen molar-refractivity contribution in [1.29, 1.82) is 0 Å². The van der Waals surface area contributed by atoms with Gasteiger partial charge in [0.05, 0.1) is 12.2 Å². The first-order valence-electron chi connectivity index (χ1n) is 7.85. The fraction of sp³-hybridized carbons (Fsp3) is 0.647. The van der Waals surface area contributed by atoms with Crippen LogP contribution >= 0.6 is 0 Å². The van der Waals surface area contributed by atoms with Crippen molar-refractivity contribution in [3.63, 3.8) is 0 Å². The van der Waals surface area contributed by atoms with Crippen LogP contribution < -0.4 is 10.2 Å². The van der Waals surface area contributed by atoms with Gasteiger partial charge in [0, 0.05) is 25.3 Å². The molecule has 2 atom stereocenters. The Labute approximate surface area is 127 Å². The number of anilines is 1. The molecule has 0 aliphatic carbocycles. The van der Waals surface area contributed by atoms with Crippen molar-refractivity contribution in [2.45, 2.75) is 46.4 Å². The molecule has 0 radical (unpaired) electrons. The monoisotopic (exact) mass is 294 g/mol. The molecule has 1 aromatic carbocycles. The summed E-state index contributed by atoms with van der Waals surface area (Å²) in [6.07, 6.45) is 0.408. The predicted molar refractivity (Wildman–Crippen MR) is 85.2 cm³/mol. The highest BCUT2D eigenvalue weighted by Crippen LogP contribution is 2.25. The number of halogens is 1. The largest absolute Gasteiger partial charge is 0.372 e. The molecule has 2 unspecified atom stereocenters. The Balaban J connectivity index is 2.13. The summed E-state index contributed by atoms with van der Waals surface area (Å²) in [5, 5.41) is 3.41. The standard InChI is InChI=1S/C17H27FN2O/c1-12(2)8-19-9-15-7-16(18)5-6-17(15)20-10-13(3)21-14(4)11-20/h5-7,12-14,19H,8-11H2,1-4H3. The van der Waals surface area contributed by atoms with Crippen LogP contribution in [0.3, 0.4) is 0 Å². The lowest BCUT2D eigenvalue weighted by Crippen LogP contribution is -2.46. The van der Waals surface area contributed by atoms with Crippen molar-refractivity contribution >= 4 is 5.69 Å². The first kappa shape index (κ1) is 16.2. The van der Waals surface area contributed by atoms with Crippen LogP contribution in [0.2, 0.25) is 0 Å². The molecule has 1 aliphatic rings. The molecule has 0 bridgehead atoms. The molecular weight excluding hydrogens is 267 g/mol. The highest BCUT2D eigenvalue weighted by atomic mass is 19.1. The molecule has 118 valence electrons. The lowest BCUT2D eigenvalue weighted by Gasteiger charge is -2.38. The topological polar surface area (TPSA) is 24.5 Å². The van der Waals surface area contributed by atoms with Crippen LogP contribution in [0.4, 0.5) is 10.1 Å². The number of benzene rings is 1. The minimum Gasteiger partial charge on any atom is -0.372 e. The van der Waals surface area contributed by atoms with E-state index in [-0.39, 0.29) is 18.0 Å². The Morgan fingerprint density at radius 3 is 2.57 bits per heavy atom. The molecule has 1 fully saturated rings. The fourth-order valence-electron chi connectivity index (χ4n) is 2.87. The molecule has 1 aromatic rings. The minimum absolute atomic E-state index is 0.172. The minimum atomic E-state index is -0.172. The van der Waals surface area contributed by atoms with Crippen molar-refractivity contribution in [2.75, 3.05) is 24.5 Å². The number of rotatable bonds is 5. The predicted octanol–water partition coefficient (Wildman–Crippen LogP) is 3.18. The average Bonchev–Trinajstić information content (AvgIpc) is 2.37. The van der Waals surface area contributed by atoms with Crippen LogP contribution in [0.1, 0.15) is 33.3 Å². The molecule has 1 aliphatic heterocycles. The van der Waals surface area contributed by atoms with E-state index in [1.807, 2.05) is 6.07 Å². The maximum atomic E-state index is 13.6. The van der Waals surface area contributed by atoms with Crippen molar-refractivity contribution in [3.8, 4) is 0 Å². The smallest absolute Gasteiger partial charge is 0.123 e. The SMILES string of the molecule is CC(C)CNCc1cc(F)ccc1N1CC(C)OC(C)C1. The molecule has 0 aromatic heterocycles. The van der Waals surface area contributed by atoms with Gasteiger partial charge in [-0.2, -0.15) is 0 Å². The molecule has 4 heteroatoms. The van der Waals surface area contributed by atoms with E-state index in [1.54, 1.807) is 12.1 Å². The lowest BCUT2D eigenvalue weighted by atomic mass is 10.1. The number of morpholine rings is 1. The van der Waals surface area contributed by atoms with E-state index in [0.29, 0.717) is 12.5 Å². The van der Waals surface area contributed by atoms with Gasteiger partial charge in [-0.1, -0.05) is 13.8 Å². The second kappa shape index (κ2) is 7.23. The molecule has 1 N–H and O–H groups in total. The number of hydrogen-bond acceptors (Lipinski definition) is 3. The van der Waals surface area contributed by atoms with E-state index in [9.17, 15) is 4.39 Å². The molecular formula is C17H27FN2O. The maximum absolute atomic E-state index is 13.6. The van der Waals surface area contributed by atoms with Crippen LogP contribution in [0.25, 0.3) is 0 Å². The Kier molecular flexibility index (Phi) is 5.59. The first-order chi connectivity index (χ1) is 9.95. The molecule has 3 nitrogen and oxygen atoms in total. The second-order valence-electron chi connectivity index (χ2n) is 6.46. The van der Waals surface area contributed by atoms with E-state index in [4.69, 9.17) is 4.74 Å². The summed E-state index contributed by atoms with van der Waals surface area (Å²) >= 11 is 0. The lowest BCUT2D eigenvalue weighted by molar-refractivity contribution is -0.00526. The zero-order valence-electron chi connectivity index (χ0n) is 13.5. The molecule has 0 saturated carbocycles. The highest BCUT2D eigenvalue weighted by Gasteiger charge is 2.24. The second-order valence-corrected chi connectivity index (χ2v) is 6.46. The molecule has 0 spiro atoms. The zero-order valence-corrected chi connectivity index (χ0v) is 13.5. The summed E-state index contributed by atoms with van der Waals surface area (Å²) in [7, 11) is 0. The van der Waals surface area contributed by atoms with Crippen LogP contribution in [0, 0.1) is 11.7 Å². The number of hydrogen-bond donors (Lipinski definition) is 1. The number of nitrogens with zero attached hydrogens (tertiary/aromatic N) is 1. The van der Waals surface area contributed by atoms with E-state index < -0.39 is 0 Å². The van der Waals surface area contributed by atoms with E-state index in [0.717, 1.165) is 30.9 Å². The van der Waals surface area contributed by atoms with Gasteiger partial charge < -0.3 is 15.0 Å². The normalized spacial score (nSPS) is 22.9. The van der Waals surface area contributed by atoms with Gasteiger partial charge >= 0.3 is 0 Å². The van der Waals surface area contributed by atoms with Crippen molar-refractivity contribution in [2.24, 2.45) is 5.92 Å². The molecule has 1 saturated heterocycles. The summed E-state index contributed by atoms with van der Waals surface area (Å²) in [6.45, 7) is 11.9. The first-order valence-corrected chi connectivity index (χ1v) is 7.85. The Morgan fingerprint density at radius 1 is 1.29 bits per heavy atom. The van der Waals surface area contributed by atoms with Gasteiger partial charge in [0.2, 0.25) is 0 Å². The quantitative estimate of drug-likeness (QED) is 0.902. The van der Waals surface area contributed by atoms with Gasteiger partial charge in [-0.05, 0) is 50.1 Å². The van der Waals surface area contributed by atoms with Crippen LogP contribution in [-0.4, -0.2) is 31.8 Å². The Hall–Kier alpha value is -1.13. The Bertz CT molecular complexity index is 454. The van der Waals surface area contributed by atoms with Crippen LogP contribution in [0.5, 0.6) is 0 Å². The summed E-state index contributed by atoms with van der Waals surface area (Å²) < 4.78 is 19.4. The summed E-state index contributed by atoms with van der Waals surface area (Å²) in [5.74, 6) is 0.417. The third-order valence-electron chi connectivity index (χ3n) is 3.67. The van der Waals surface area contributed by atoms with Crippen LogP contribution in [-0.2, 0) is 11.3 Å². The summed E-state index contributed by atoms with van der Waals surface area (Å²) in [4.78, 5) is 2.31.